The van der Waals surface area contributed by atoms with Gasteiger partial charge in [-0.1, -0.05) is 0 Å². The molecule has 102 valence electrons. The van der Waals surface area contributed by atoms with Crippen molar-refractivity contribution < 1.29 is 4.79 Å². The number of nitrogens with two attached hydrogens (primary N) is 1. The number of hydrogen-bond donors (Lipinski definition) is 1. The molecule has 0 atom stereocenters. The maximum Gasteiger partial charge on any atom is 0.264 e. The van der Waals surface area contributed by atoms with Crippen LogP contribution in [0, 0.1) is 6.92 Å². The van der Waals surface area contributed by atoms with Crippen LogP contribution in [0.25, 0.3) is 0 Å². The molecule has 2 aromatic rings. The molecule has 0 aliphatic rings. The molecule has 0 saturated heterocycles. The molecule has 2 aromatic heterocycles. The summed E-state index contributed by atoms with van der Waals surface area (Å²) in [5.41, 5.74) is 6.51. The average molecular weight is 359 g/mol. The van der Waals surface area contributed by atoms with E-state index in [0.717, 1.165) is 8.66 Å². The molecule has 0 aliphatic heterocycles. The summed E-state index contributed by atoms with van der Waals surface area (Å²) < 4.78 is 1.09. The third-order valence-corrected chi connectivity index (χ3v) is 5.47. The summed E-state index contributed by atoms with van der Waals surface area (Å²) in [6.45, 7) is 5.25. The van der Waals surface area contributed by atoms with Crippen LogP contribution in [-0.2, 0) is 6.54 Å². The third-order valence-electron chi connectivity index (χ3n) is 2.81. The minimum absolute atomic E-state index is 0.0526. The summed E-state index contributed by atoms with van der Waals surface area (Å²) >= 11 is 6.55. The highest BCUT2D eigenvalue weighted by Crippen LogP contribution is 2.27. The standard InChI is InChI=1S/C13H15BrN2OS2/c1-3-16(7-9-4-5-12(14)19-9)13(17)11-6-10(15)8(2)18-11/h4-6H,3,7,15H2,1-2H3. The molecule has 0 unspecified atom stereocenters. The van der Waals surface area contributed by atoms with Crippen molar-refractivity contribution in [3.63, 3.8) is 0 Å². The third kappa shape index (κ3) is 3.38. The lowest BCUT2D eigenvalue weighted by atomic mass is 10.3. The first-order valence-corrected chi connectivity index (χ1v) is 8.33. The molecule has 6 heteroatoms. The van der Waals surface area contributed by atoms with Crippen molar-refractivity contribution >= 4 is 50.2 Å². The summed E-state index contributed by atoms with van der Waals surface area (Å²) in [6.07, 6.45) is 0. The van der Waals surface area contributed by atoms with Crippen LogP contribution in [0.1, 0.15) is 26.3 Å². The van der Waals surface area contributed by atoms with Crippen molar-refractivity contribution in [2.45, 2.75) is 20.4 Å². The minimum Gasteiger partial charge on any atom is -0.398 e. The Hall–Kier alpha value is -0.850. The fourth-order valence-corrected chi connectivity index (χ4v) is 4.12. The molecule has 1 amide bonds. The summed E-state index contributed by atoms with van der Waals surface area (Å²) in [5, 5.41) is 0. The van der Waals surface area contributed by atoms with Gasteiger partial charge in [-0.2, -0.15) is 0 Å². The van der Waals surface area contributed by atoms with E-state index in [0.29, 0.717) is 23.7 Å². The van der Waals surface area contributed by atoms with E-state index >= 15 is 0 Å². The second-order valence-corrected chi connectivity index (χ2v) is 7.95. The fraction of sp³-hybridized carbons (Fsp3) is 0.308. The van der Waals surface area contributed by atoms with Gasteiger partial charge in [0.2, 0.25) is 0 Å². The van der Waals surface area contributed by atoms with Crippen LogP contribution in [-0.4, -0.2) is 17.4 Å². The van der Waals surface area contributed by atoms with Crippen molar-refractivity contribution in [3.8, 4) is 0 Å². The smallest absolute Gasteiger partial charge is 0.264 e. The van der Waals surface area contributed by atoms with Crippen molar-refractivity contribution in [2.75, 3.05) is 12.3 Å². The Morgan fingerprint density at radius 3 is 2.63 bits per heavy atom. The number of nitrogen functional groups attached to an aromatic ring is 1. The Kier molecular flexibility index (Phi) is 4.65. The summed E-state index contributed by atoms with van der Waals surface area (Å²) in [4.78, 5) is 17.1. The summed E-state index contributed by atoms with van der Waals surface area (Å²) in [5.74, 6) is 0.0526. The molecule has 2 heterocycles. The van der Waals surface area contributed by atoms with Crippen LogP contribution < -0.4 is 5.73 Å². The van der Waals surface area contributed by atoms with Gasteiger partial charge in [-0.3, -0.25) is 4.79 Å². The Morgan fingerprint density at radius 2 is 2.16 bits per heavy atom. The number of halogens is 1. The van der Waals surface area contributed by atoms with E-state index < -0.39 is 0 Å². The van der Waals surface area contributed by atoms with Crippen molar-refractivity contribution in [2.24, 2.45) is 0 Å². The molecule has 0 radical (unpaired) electrons. The van der Waals surface area contributed by atoms with Gasteiger partial charge in [0.25, 0.3) is 5.91 Å². The van der Waals surface area contributed by atoms with Crippen LogP contribution in [0.2, 0.25) is 0 Å². The first-order chi connectivity index (χ1) is 9.01. The highest BCUT2D eigenvalue weighted by Gasteiger charge is 2.18. The van der Waals surface area contributed by atoms with Gasteiger partial charge < -0.3 is 10.6 Å². The SMILES string of the molecule is CCN(Cc1ccc(Br)s1)C(=O)c1cc(N)c(C)s1. The van der Waals surface area contributed by atoms with Gasteiger partial charge in [0.15, 0.2) is 0 Å². The quantitative estimate of drug-likeness (QED) is 0.892. The van der Waals surface area contributed by atoms with Crippen molar-refractivity contribution in [1.82, 2.24) is 4.90 Å². The summed E-state index contributed by atoms with van der Waals surface area (Å²) in [7, 11) is 0. The number of aryl methyl sites for hydroxylation is 1. The second kappa shape index (κ2) is 6.07. The Morgan fingerprint density at radius 1 is 1.42 bits per heavy atom. The fourth-order valence-electron chi connectivity index (χ4n) is 1.71. The van der Waals surface area contributed by atoms with Gasteiger partial charge >= 0.3 is 0 Å². The minimum atomic E-state index is 0.0526. The molecule has 0 aliphatic carbocycles. The van der Waals surface area contributed by atoms with Crippen molar-refractivity contribution in [3.05, 3.63) is 36.6 Å². The first-order valence-electron chi connectivity index (χ1n) is 5.90. The largest absolute Gasteiger partial charge is 0.398 e. The molecule has 0 bridgehead atoms. The zero-order valence-electron chi connectivity index (χ0n) is 10.8. The Bertz CT molecular complexity index is 572. The zero-order valence-corrected chi connectivity index (χ0v) is 14.0. The zero-order chi connectivity index (χ0) is 14.0. The van der Waals surface area contributed by atoms with Gasteiger partial charge in [0, 0.05) is 22.0 Å². The number of carbonyl (C=O) groups is 1. The molecule has 2 rings (SSSR count). The lowest BCUT2D eigenvalue weighted by Crippen LogP contribution is -2.29. The Labute approximate surface area is 129 Å². The molecule has 2 N–H and O–H groups in total. The van der Waals surface area contributed by atoms with E-state index in [9.17, 15) is 4.79 Å². The van der Waals surface area contributed by atoms with Crippen LogP contribution in [0.3, 0.4) is 0 Å². The van der Waals surface area contributed by atoms with Crippen LogP contribution in [0.5, 0.6) is 0 Å². The lowest BCUT2D eigenvalue weighted by Gasteiger charge is -2.19. The molecular formula is C13H15BrN2OS2. The summed E-state index contributed by atoms with van der Waals surface area (Å²) in [6, 6.07) is 5.82. The highest BCUT2D eigenvalue weighted by molar-refractivity contribution is 9.11. The average Bonchev–Trinajstić information content (AvgIpc) is 2.93. The Balaban J connectivity index is 2.15. The van der Waals surface area contributed by atoms with E-state index in [1.54, 1.807) is 17.4 Å². The van der Waals surface area contributed by atoms with E-state index in [1.807, 2.05) is 30.9 Å². The van der Waals surface area contributed by atoms with Gasteiger partial charge in [0.05, 0.1) is 15.2 Å². The number of nitrogens with zero attached hydrogens (tertiary/aromatic N) is 1. The van der Waals surface area contributed by atoms with E-state index in [4.69, 9.17) is 5.73 Å². The second-order valence-electron chi connectivity index (χ2n) is 4.15. The number of rotatable bonds is 4. The number of hydrogen-bond acceptors (Lipinski definition) is 4. The van der Waals surface area contributed by atoms with Gasteiger partial charge in [-0.05, 0) is 48.0 Å². The monoisotopic (exact) mass is 358 g/mol. The lowest BCUT2D eigenvalue weighted by molar-refractivity contribution is 0.0759. The van der Waals surface area contributed by atoms with Crippen LogP contribution in [0.15, 0.2) is 22.0 Å². The number of carbonyl (C=O) groups excluding carboxylic acids is 1. The highest BCUT2D eigenvalue weighted by atomic mass is 79.9. The molecule has 0 saturated carbocycles. The van der Waals surface area contributed by atoms with Crippen molar-refractivity contribution in [1.29, 1.82) is 0 Å². The predicted molar refractivity (Wildman–Crippen MR) is 85.9 cm³/mol. The van der Waals surface area contributed by atoms with Crippen LogP contribution >= 0.6 is 38.6 Å². The van der Waals surface area contributed by atoms with E-state index in [2.05, 4.69) is 15.9 Å². The molecule has 0 fully saturated rings. The molecule has 0 spiro atoms. The number of thiophene rings is 2. The maximum absolute atomic E-state index is 12.4. The molecular weight excluding hydrogens is 344 g/mol. The number of anilines is 1. The van der Waals surface area contributed by atoms with Gasteiger partial charge in [-0.25, -0.2) is 0 Å². The molecule has 0 aromatic carbocycles. The van der Waals surface area contributed by atoms with E-state index in [-0.39, 0.29) is 5.91 Å². The molecule has 3 nitrogen and oxygen atoms in total. The predicted octanol–water partition coefficient (Wildman–Crippen LogP) is 4.13. The van der Waals surface area contributed by atoms with Crippen LogP contribution in [0.4, 0.5) is 5.69 Å². The number of amides is 1. The topological polar surface area (TPSA) is 46.3 Å². The van der Waals surface area contributed by atoms with Gasteiger partial charge in [-0.15, -0.1) is 22.7 Å². The van der Waals surface area contributed by atoms with E-state index in [1.165, 1.54) is 16.2 Å². The molecule has 19 heavy (non-hydrogen) atoms. The first kappa shape index (κ1) is 14.6. The normalized spacial score (nSPS) is 10.7. The maximum atomic E-state index is 12.4. The van der Waals surface area contributed by atoms with Gasteiger partial charge in [0.1, 0.15) is 0 Å².